The fraction of sp³-hybridized carbons (Fsp3) is 0.182. The normalized spacial score (nSPS) is 15.0. The fourth-order valence-corrected chi connectivity index (χ4v) is 6.55. The number of thiophene rings is 1. The Morgan fingerprint density at radius 3 is 2.09 bits per heavy atom. The molecule has 2 heterocycles. The Bertz CT molecular complexity index is 1270. The lowest BCUT2D eigenvalue weighted by Crippen LogP contribution is -2.50. The van der Waals surface area contributed by atoms with Crippen LogP contribution in [-0.2, 0) is 10.0 Å². The van der Waals surface area contributed by atoms with Crippen molar-refractivity contribution in [1.82, 2.24) is 9.21 Å². The third-order valence-electron chi connectivity index (χ3n) is 5.18. The summed E-state index contributed by atoms with van der Waals surface area (Å²) in [5, 5.41) is 0. The van der Waals surface area contributed by atoms with Gasteiger partial charge < -0.3 is 4.90 Å². The topological polar surface area (TPSA) is 74.8 Å². The first kappa shape index (κ1) is 22.6. The number of hydrogen-bond acceptors (Lipinski definition) is 5. The van der Waals surface area contributed by atoms with Gasteiger partial charge in [0.15, 0.2) is 5.78 Å². The molecule has 3 aromatic rings. The van der Waals surface area contributed by atoms with Crippen molar-refractivity contribution < 1.29 is 22.4 Å². The van der Waals surface area contributed by atoms with Crippen LogP contribution in [-0.4, -0.2) is 55.5 Å². The van der Waals surface area contributed by atoms with Crippen molar-refractivity contribution in [1.29, 1.82) is 0 Å². The van der Waals surface area contributed by atoms with Crippen LogP contribution in [0.5, 0.6) is 0 Å². The van der Waals surface area contributed by atoms with E-state index < -0.39 is 15.8 Å². The van der Waals surface area contributed by atoms with Gasteiger partial charge in [0.1, 0.15) is 10.0 Å². The minimum Gasteiger partial charge on any atom is -0.336 e. The summed E-state index contributed by atoms with van der Waals surface area (Å²) in [6.07, 6.45) is 0. The van der Waals surface area contributed by atoms with Crippen molar-refractivity contribution in [3.63, 3.8) is 0 Å². The lowest BCUT2D eigenvalue weighted by molar-refractivity contribution is 0.0694. The molecule has 1 amide bonds. The molecule has 1 aliphatic rings. The summed E-state index contributed by atoms with van der Waals surface area (Å²) in [6, 6.07) is 14.6. The summed E-state index contributed by atoms with van der Waals surface area (Å²) in [6.45, 7) is 0.655. The Morgan fingerprint density at radius 1 is 0.875 bits per heavy atom. The molecule has 0 aliphatic carbocycles. The standard InChI is InChI=1S/C22H18ClFN2O4S2/c23-19-9-10-20(31-19)32(29,30)26-13-11-25(12-14-26)22(28)18-4-2-1-3-17(18)21(27)15-5-7-16(24)8-6-15/h1-10H,11-14H2. The van der Waals surface area contributed by atoms with Gasteiger partial charge in [-0.1, -0.05) is 29.8 Å². The molecule has 2 aromatic carbocycles. The van der Waals surface area contributed by atoms with Gasteiger partial charge in [0.05, 0.1) is 9.90 Å². The maximum Gasteiger partial charge on any atom is 0.254 e. The highest BCUT2D eigenvalue weighted by molar-refractivity contribution is 7.91. The van der Waals surface area contributed by atoms with Gasteiger partial charge in [-0.05, 0) is 42.5 Å². The maximum absolute atomic E-state index is 13.2. The smallest absolute Gasteiger partial charge is 0.254 e. The van der Waals surface area contributed by atoms with E-state index in [1.165, 1.54) is 45.6 Å². The van der Waals surface area contributed by atoms with Gasteiger partial charge in [0.25, 0.3) is 15.9 Å². The number of carbonyl (C=O) groups excluding carboxylic acids is 2. The summed E-state index contributed by atoms with van der Waals surface area (Å²) >= 11 is 6.86. The Kier molecular flexibility index (Phi) is 6.43. The van der Waals surface area contributed by atoms with Crippen LogP contribution < -0.4 is 0 Å². The predicted octanol–water partition coefficient (Wildman–Crippen LogP) is 3.92. The number of nitrogens with zero attached hydrogens (tertiary/aromatic N) is 2. The molecule has 0 unspecified atom stereocenters. The highest BCUT2D eigenvalue weighted by atomic mass is 35.5. The molecular weight excluding hydrogens is 475 g/mol. The molecule has 1 aromatic heterocycles. The zero-order valence-corrected chi connectivity index (χ0v) is 19.1. The SMILES string of the molecule is O=C(c1ccc(F)cc1)c1ccccc1C(=O)N1CCN(S(=O)(=O)c2ccc(Cl)s2)CC1. The number of sulfonamides is 1. The van der Waals surface area contributed by atoms with Gasteiger partial charge in [-0.2, -0.15) is 4.31 Å². The maximum atomic E-state index is 13.2. The van der Waals surface area contributed by atoms with E-state index in [0.717, 1.165) is 11.3 Å². The van der Waals surface area contributed by atoms with E-state index in [2.05, 4.69) is 0 Å². The molecule has 166 valence electrons. The first-order chi connectivity index (χ1) is 15.3. The molecule has 0 spiro atoms. The third kappa shape index (κ3) is 4.47. The monoisotopic (exact) mass is 492 g/mol. The molecule has 32 heavy (non-hydrogen) atoms. The summed E-state index contributed by atoms with van der Waals surface area (Å²) in [7, 11) is -3.67. The Hall–Kier alpha value is -2.59. The van der Waals surface area contributed by atoms with Gasteiger partial charge >= 0.3 is 0 Å². The highest BCUT2D eigenvalue weighted by Crippen LogP contribution is 2.29. The van der Waals surface area contributed by atoms with Crippen LogP contribution in [0.4, 0.5) is 4.39 Å². The number of piperazine rings is 1. The average Bonchev–Trinajstić information content (AvgIpc) is 3.26. The number of rotatable bonds is 5. The van der Waals surface area contributed by atoms with Crippen molar-refractivity contribution >= 4 is 44.7 Å². The lowest BCUT2D eigenvalue weighted by atomic mass is 9.97. The minimum atomic E-state index is -3.67. The summed E-state index contributed by atoms with van der Waals surface area (Å²) < 4.78 is 40.6. The van der Waals surface area contributed by atoms with Crippen molar-refractivity contribution in [3.8, 4) is 0 Å². The lowest BCUT2D eigenvalue weighted by Gasteiger charge is -2.34. The van der Waals surface area contributed by atoms with Gasteiger partial charge in [-0.25, -0.2) is 12.8 Å². The quantitative estimate of drug-likeness (QED) is 0.506. The van der Waals surface area contributed by atoms with Gasteiger partial charge in [0, 0.05) is 37.3 Å². The van der Waals surface area contributed by atoms with Crippen LogP contribution in [0.1, 0.15) is 26.3 Å². The molecular formula is C22H18ClFN2O4S2. The summed E-state index contributed by atoms with van der Waals surface area (Å²) in [5.74, 6) is -1.19. The fourth-order valence-electron chi connectivity index (χ4n) is 3.49. The van der Waals surface area contributed by atoms with Crippen LogP contribution in [0, 0.1) is 5.82 Å². The Labute approximate surface area is 193 Å². The van der Waals surface area contributed by atoms with E-state index in [4.69, 9.17) is 11.6 Å². The van der Waals surface area contributed by atoms with E-state index in [9.17, 15) is 22.4 Å². The number of hydrogen-bond donors (Lipinski definition) is 0. The number of amides is 1. The number of halogens is 2. The van der Waals surface area contributed by atoms with Crippen LogP contribution in [0.3, 0.4) is 0 Å². The molecule has 0 N–H and O–H groups in total. The van der Waals surface area contributed by atoms with E-state index in [1.807, 2.05) is 0 Å². The van der Waals surface area contributed by atoms with Crippen molar-refractivity contribution in [3.05, 3.63) is 87.5 Å². The van der Waals surface area contributed by atoms with Crippen LogP contribution >= 0.6 is 22.9 Å². The number of ketones is 1. The molecule has 10 heteroatoms. The molecule has 1 aliphatic heterocycles. The van der Waals surface area contributed by atoms with Crippen LogP contribution in [0.25, 0.3) is 0 Å². The molecule has 0 radical (unpaired) electrons. The summed E-state index contributed by atoms with van der Waals surface area (Å²) in [4.78, 5) is 27.6. The second-order valence-electron chi connectivity index (χ2n) is 7.14. The van der Waals surface area contributed by atoms with E-state index in [0.29, 0.717) is 4.34 Å². The molecule has 6 nitrogen and oxygen atoms in total. The predicted molar refractivity (Wildman–Crippen MR) is 120 cm³/mol. The first-order valence-electron chi connectivity index (χ1n) is 9.71. The molecule has 0 bridgehead atoms. The van der Waals surface area contributed by atoms with E-state index in [1.54, 1.807) is 24.3 Å². The Balaban J connectivity index is 1.51. The second-order valence-corrected chi connectivity index (χ2v) is 11.0. The number of benzene rings is 2. The molecule has 4 rings (SSSR count). The first-order valence-corrected chi connectivity index (χ1v) is 12.3. The van der Waals surface area contributed by atoms with E-state index in [-0.39, 0.29) is 58.8 Å². The molecule has 0 saturated carbocycles. The van der Waals surface area contributed by atoms with Gasteiger partial charge in [-0.15, -0.1) is 11.3 Å². The van der Waals surface area contributed by atoms with Crippen LogP contribution in [0.15, 0.2) is 64.9 Å². The van der Waals surface area contributed by atoms with Crippen molar-refractivity contribution in [2.24, 2.45) is 0 Å². The molecule has 0 atom stereocenters. The zero-order valence-electron chi connectivity index (χ0n) is 16.7. The molecule has 1 saturated heterocycles. The van der Waals surface area contributed by atoms with E-state index >= 15 is 0 Å². The highest BCUT2D eigenvalue weighted by Gasteiger charge is 2.32. The summed E-state index contributed by atoms with van der Waals surface area (Å²) in [5.41, 5.74) is 0.715. The third-order valence-corrected chi connectivity index (χ3v) is 8.77. The molecule has 1 fully saturated rings. The Morgan fingerprint density at radius 2 is 1.50 bits per heavy atom. The van der Waals surface area contributed by atoms with Crippen molar-refractivity contribution in [2.45, 2.75) is 4.21 Å². The average molecular weight is 493 g/mol. The minimum absolute atomic E-state index is 0.137. The van der Waals surface area contributed by atoms with Gasteiger partial charge in [-0.3, -0.25) is 9.59 Å². The second kappa shape index (κ2) is 9.11. The van der Waals surface area contributed by atoms with Gasteiger partial charge in [0.2, 0.25) is 0 Å². The zero-order chi connectivity index (χ0) is 22.9. The van der Waals surface area contributed by atoms with Crippen molar-refractivity contribution in [2.75, 3.05) is 26.2 Å². The van der Waals surface area contributed by atoms with Crippen LogP contribution in [0.2, 0.25) is 4.34 Å². The number of carbonyl (C=O) groups is 2. The largest absolute Gasteiger partial charge is 0.336 e.